The Morgan fingerprint density at radius 2 is 1.54 bits per heavy atom. The predicted molar refractivity (Wildman–Crippen MR) is 80.1 cm³/mol. The molecule has 24 heavy (non-hydrogen) atoms. The maximum atomic E-state index is 12.1. The van der Waals surface area contributed by atoms with Crippen LogP contribution in [0, 0.1) is 5.41 Å². The van der Waals surface area contributed by atoms with Crippen LogP contribution in [0.4, 0.5) is 18.0 Å². The molecule has 1 heterocycles. The molecule has 0 spiro atoms. The number of carbonyl (C=O) groups is 3. The third-order valence-electron chi connectivity index (χ3n) is 3.37. The summed E-state index contributed by atoms with van der Waals surface area (Å²) >= 11 is 0. The van der Waals surface area contributed by atoms with E-state index in [2.05, 4.69) is 0 Å². The second-order valence-corrected chi connectivity index (χ2v) is 6.66. The zero-order valence-electron chi connectivity index (χ0n) is 14.0. The van der Waals surface area contributed by atoms with E-state index >= 15 is 0 Å². The number of urea groups is 1. The number of imide groups is 1. The molecule has 1 aliphatic rings. The van der Waals surface area contributed by atoms with Crippen molar-refractivity contribution in [2.24, 2.45) is 5.41 Å². The summed E-state index contributed by atoms with van der Waals surface area (Å²) in [5.41, 5.74) is -0.476. The van der Waals surface area contributed by atoms with Crippen molar-refractivity contribution in [2.45, 2.75) is 26.9 Å². The third-order valence-corrected chi connectivity index (χ3v) is 3.37. The maximum Gasteiger partial charge on any atom is 0.405 e. The Bertz CT molecular complexity index is 481. The lowest BCUT2D eigenvalue weighted by atomic mass is 9.94. The lowest BCUT2D eigenvalue weighted by molar-refractivity contribution is -0.141. The molecule has 0 aromatic carbocycles. The van der Waals surface area contributed by atoms with E-state index in [4.69, 9.17) is 0 Å². The van der Waals surface area contributed by atoms with Gasteiger partial charge in [-0.1, -0.05) is 20.8 Å². The van der Waals surface area contributed by atoms with Gasteiger partial charge in [-0.25, -0.2) is 4.79 Å². The van der Waals surface area contributed by atoms with Gasteiger partial charge in [0.1, 0.15) is 6.54 Å². The van der Waals surface area contributed by atoms with E-state index in [-0.39, 0.29) is 12.5 Å². The minimum Gasteiger partial charge on any atom is -0.340 e. The molecule has 1 saturated heterocycles. The Labute approximate surface area is 138 Å². The monoisotopic (exact) mass is 352 g/mol. The molecule has 1 fully saturated rings. The summed E-state index contributed by atoms with van der Waals surface area (Å²) in [7, 11) is 0. The highest BCUT2D eigenvalue weighted by molar-refractivity contribution is 5.95. The summed E-state index contributed by atoms with van der Waals surface area (Å²) in [6.45, 7) is 5.71. The first-order valence-electron chi connectivity index (χ1n) is 7.54. The van der Waals surface area contributed by atoms with Crippen LogP contribution in [-0.4, -0.2) is 73.1 Å². The molecule has 0 unspecified atom stereocenters. The molecule has 2 N–H and O–H groups in total. The second kappa shape index (κ2) is 7.82. The zero-order valence-corrected chi connectivity index (χ0v) is 14.0. The number of alkyl halides is 3. The van der Waals surface area contributed by atoms with Crippen LogP contribution in [0.1, 0.15) is 20.8 Å². The van der Waals surface area contributed by atoms with Crippen LogP contribution in [0.25, 0.3) is 0 Å². The molecule has 10 heteroatoms. The summed E-state index contributed by atoms with van der Waals surface area (Å²) in [5, 5.41) is 3.41. The fourth-order valence-corrected chi connectivity index (χ4v) is 2.18. The summed E-state index contributed by atoms with van der Waals surface area (Å²) in [4.78, 5) is 38.4. The van der Waals surface area contributed by atoms with E-state index in [0.717, 1.165) is 0 Å². The van der Waals surface area contributed by atoms with Gasteiger partial charge in [0.2, 0.25) is 11.8 Å². The van der Waals surface area contributed by atoms with Gasteiger partial charge in [0, 0.05) is 31.6 Å². The predicted octanol–water partition coefficient (Wildman–Crippen LogP) is 0.565. The fraction of sp³-hybridized carbons (Fsp3) is 0.786. The molecule has 0 aromatic rings. The number of amides is 4. The molecule has 0 aromatic heterocycles. The molecule has 0 aliphatic carbocycles. The summed E-state index contributed by atoms with van der Waals surface area (Å²) in [5.74, 6) is -0.664. The van der Waals surface area contributed by atoms with Crippen molar-refractivity contribution >= 4 is 17.8 Å². The molecule has 1 aliphatic heterocycles. The minimum absolute atomic E-state index is 0.0260. The molecule has 1 rings (SSSR count). The van der Waals surface area contributed by atoms with Crippen molar-refractivity contribution < 1.29 is 27.6 Å². The first-order valence-corrected chi connectivity index (χ1v) is 7.54. The van der Waals surface area contributed by atoms with Gasteiger partial charge in [-0.05, 0) is 0 Å². The van der Waals surface area contributed by atoms with E-state index in [1.807, 2.05) is 26.1 Å². The van der Waals surface area contributed by atoms with Gasteiger partial charge < -0.3 is 10.2 Å². The number of halogens is 3. The molecule has 7 nitrogen and oxygen atoms in total. The largest absolute Gasteiger partial charge is 0.405 e. The van der Waals surface area contributed by atoms with Crippen LogP contribution >= 0.6 is 0 Å². The van der Waals surface area contributed by atoms with Crippen LogP contribution < -0.4 is 10.6 Å². The van der Waals surface area contributed by atoms with Crippen LogP contribution in [-0.2, 0) is 9.59 Å². The fourth-order valence-electron chi connectivity index (χ4n) is 2.18. The van der Waals surface area contributed by atoms with Crippen LogP contribution in [0.2, 0.25) is 0 Å². The normalized spacial score (nSPS) is 16.7. The zero-order chi connectivity index (χ0) is 18.5. The number of hydrogen-bond donors (Lipinski definition) is 2. The van der Waals surface area contributed by atoms with Gasteiger partial charge in [0.25, 0.3) is 0 Å². The van der Waals surface area contributed by atoms with E-state index in [9.17, 15) is 27.6 Å². The minimum atomic E-state index is -4.53. The van der Waals surface area contributed by atoms with Crippen molar-refractivity contribution in [2.75, 3.05) is 39.3 Å². The highest BCUT2D eigenvalue weighted by Gasteiger charge is 2.30. The lowest BCUT2D eigenvalue weighted by Gasteiger charge is -2.37. The topological polar surface area (TPSA) is 81.8 Å². The first kappa shape index (κ1) is 20.2. The van der Waals surface area contributed by atoms with Crippen molar-refractivity contribution in [1.82, 2.24) is 20.4 Å². The quantitative estimate of drug-likeness (QED) is 0.778. The molecule has 0 saturated carbocycles. The molecule has 0 bridgehead atoms. The van der Waals surface area contributed by atoms with E-state index in [1.54, 1.807) is 15.1 Å². The Morgan fingerprint density at radius 3 is 2.00 bits per heavy atom. The lowest BCUT2D eigenvalue weighted by Crippen LogP contribution is -2.54. The molecule has 4 amide bonds. The number of rotatable bonds is 3. The van der Waals surface area contributed by atoms with E-state index in [1.165, 1.54) is 0 Å². The molecular formula is C14H23F3N4O3. The summed E-state index contributed by atoms with van der Waals surface area (Å²) < 4.78 is 35.8. The smallest absolute Gasteiger partial charge is 0.340 e. The van der Waals surface area contributed by atoms with Gasteiger partial charge in [-0.15, -0.1) is 0 Å². The number of hydrogen-bond acceptors (Lipinski definition) is 4. The van der Waals surface area contributed by atoms with Gasteiger partial charge in [-0.2, -0.15) is 13.2 Å². The second-order valence-electron chi connectivity index (χ2n) is 6.66. The van der Waals surface area contributed by atoms with E-state index in [0.29, 0.717) is 26.2 Å². The standard InChI is InChI=1S/C14H23F3N4O3/c1-13(2,3)11(23)21-6-4-20(5-7-21)8-10(22)19-12(24)18-9-14(15,16)17/h4-9H2,1-3H3,(H2,18,19,22,24). The summed E-state index contributed by atoms with van der Waals surface area (Å²) in [6, 6.07) is -1.18. The van der Waals surface area contributed by atoms with Crippen molar-refractivity contribution in [3.05, 3.63) is 0 Å². The number of piperazine rings is 1. The number of carbonyl (C=O) groups excluding carboxylic acids is 3. The van der Waals surface area contributed by atoms with Gasteiger partial charge in [0.15, 0.2) is 0 Å². The highest BCUT2D eigenvalue weighted by atomic mass is 19.4. The summed E-state index contributed by atoms with van der Waals surface area (Å²) in [6.07, 6.45) is -4.53. The first-order chi connectivity index (χ1) is 10.9. The number of nitrogens with zero attached hydrogens (tertiary/aromatic N) is 2. The Morgan fingerprint density at radius 1 is 1.00 bits per heavy atom. The van der Waals surface area contributed by atoms with Crippen molar-refractivity contribution in [3.63, 3.8) is 0 Å². The van der Waals surface area contributed by atoms with E-state index < -0.39 is 30.1 Å². The molecule has 0 atom stereocenters. The Hall–Kier alpha value is -1.84. The average Bonchev–Trinajstić information content (AvgIpc) is 2.43. The van der Waals surface area contributed by atoms with Crippen molar-refractivity contribution in [3.8, 4) is 0 Å². The molecular weight excluding hydrogens is 329 g/mol. The van der Waals surface area contributed by atoms with Crippen LogP contribution in [0.5, 0.6) is 0 Å². The molecule has 138 valence electrons. The van der Waals surface area contributed by atoms with Gasteiger partial charge >= 0.3 is 12.2 Å². The SMILES string of the molecule is CC(C)(C)C(=O)N1CCN(CC(=O)NC(=O)NCC(F)(F)F)CC1. The van der Waals surface area contributed by atoms with Crippen LogP contribution in [0.3, 0.4) is 0 Å². The average molecular weight is 352 g/mol. The van der Waals surface area contributed by atoms with Gasteiger partial charge in [-0.3, -0.25) is 19.8 Å². The number of nitrogens with one attached hydrogen (secondary N) is 2. The third kappa shape index (κ3) is 7.16. The Balaban J connectivity index is 2.33. The van der Waals surface area contributed by atoms with Crippen LogP contribution in [0.15, 0.2) is 0 Å². The van der Waals surface area contributed by atoms with Gasteiger partial charge in [0.05, 0.1) is 6.54 Å². The van der Waals surface area contributed by atoms with Crippen molar-refractivity contribution in [1.29, 1.82) is 0 Å². The highest BCUT2D eigenvalue weighted by Crippen LogP contribution is 2.18. The molecule has 0 radical (unpaired) electrons. The maximum absolute atomic E-state index is 12.1. The Kier molecular flexibility index (Phi) is 6.58.